The molecule has 2 bridgehead atoms. The van der Waals surface area contributed by atoms with Crippen LogP contribution in [0, 0.1) is 28.6 Å². The second kappa shape index (κ2) is 40.7. The van der Waals surface area contributed by atoms with Crippen LogP contribution in [0.4, 0.5) is 11.4 Å². The number of nitrogens with zero attached hydrogens (tertiary/aromatic N) is 1. The number of carboxylic acids is 2. The van der Waals surface area contributed by atoms with Crippen LogP contribution in [0.3, 0.4) is 0 Å². The van der Waals surface area contributed by atoms with Gasteiger partial charge < -0.3 is 112 Å². The first-order valence-corrected chi connectivity index (χ1v) is 41.7. The number of morpholine rings is 1. The van der Waals surface area contributed by atoms with E-state index in [-0.39, 0.29) is 105 Å². The number of amides is 2. The minimum absolute atomic E-state index is 0. The number of furan rings is 1. The quantitative estimate of drug-likeness (QED) is 0.00416. The van der Waals surface area contributed by atoms with Gasteiger partial charge in [-0.05, 0) is 182 Å². The summed E-state index contributed by atoms with van der Waals surface area (Å²) in [4.78, 5) is 92.2. The summed E-state index contributed by atoms with van der Waals surface area (Å²) in [5.41, 5.74) is 0.220. The number of allylic oxidation sites excluding steroid dienone is 4. The number of alkyl halides is 2. The molecule has 6 heterocycles. The van der Waals surface area contributed by atoms with Crippen LogP contribution >= 0.6 is 45.9 Å². The molecule has 0 spiro atoms. The second-order valence-corrected chi connectivity index (χ2v) is 34.7. The van der Waals surface area contributed by atoms with Gasteiger partial charge in [0.05, 0.1) is 84.8 Å². The smallest absolute Gasteiger partial charge is 0.375 e. The maximum absolute atomic E-state index is 13.6. The van der Waals surface area contributed by atoms with Crippen molar-refractivity contribution in [2.75, 3.05) is 57.9 Å². The van der Waals surface area contributed by atoms with Gasteiger partial charge in [-0.2, -0.15) is 0 Å². The van der Waals surface area contributed by atoms with Gasteiger partial charge in [0, 0.05) is 66.9 Å². The summed E-state index contributed by atoms with van der Waals surface area (Å²) in [5, 5.41) is 93.8. The van der Waals surface area contributed by atoms with Gasteiger partial charge >= 0.3 is 23.9 Å². The number of hydrogen-bond donors (Lipinski definition) is 12. The highest BCUT2D eigenvalue weighted by Gasteiger charge is 2.77. The number of carbonyl (C=O) groups excluding carboxylic acids is 6. The van der Waals surface area contributed by atoms with Crippen molar-refractivity contribution < 1.29 is 129 Å². The lowest BCUT2D eigenvalue weighted by atomic mass is 9.45. The third kappa shape index (κ3) is 20.6. The Labute approximate surface area is 724 Å². The number of aliphatic hydroxyl groups is 4. The first-order valence-electron chi connectivity index (χ1n) is 39.0. The highest BCUT2D eigenvalue weighted by Crippen LogP contribution is 2.72. The Bertz CT molecular complexity index is 4590. The second-order valence-electron chi connectivity index (χ2n) is 31.9. The van der Waals surface area contributed by atoms with Gasteiger partial charge in [-0.15, -0.1) is 45.9 Å². The topological polar surface area (TPSA) is 409 Å². The van der Waals surface area contributed by atoms with Crippen LogP contribution in [-0.2, 0) is 66.2 Å². The summed E-state index contributed by atoms with van der Waals surface area (Å²) in [5.74, 6) is -3.62. The van der Waals surface area contributed by atoms with Gasteiger partial charge in [-0.25, -0.2) is 19.2 Å². The fourth-order valence-electron chi connectivity index (χ4n) is 18.2. The number of methoxy groups -OCH3 is 2. The Hall–Kier alpha value is -9.12. The first kappa shape index (κ1) is 94.7. The van der Waals surface area contributed by atoms with E-state index < -0.39 is 69.1 Å². The number of ketones is 2. The summed E-state index contributed by atoms with van der Waals surface area (Å²) in [6.07, 6.45) is 11.7. The third-order valence-corrected chi connectivity index (χ3v) is 27.5. The molecular weight excluding hydrogens is 1690 g/mol. The molecule has 0 radical (unpaired) electrons. The minimum Gasteiger partial charge on any atom is -1.00 e. The molecule has 4 aliphatic carbocycles. The average Bonchev–Trinajstić information content (AvgIpc) is 2.29. The number of thiophene rings is 2. The molecule has 14 rings (SSSR count). The molecule has 120 heavy (non-hydrogen) atoms. The Kier molecular flexibility index (Phi) is 32.1. The predicted molar refractivity (Wildman–Crippen MR) is 448 cm³/mol. The maximum Gasteiger partial charge on any atom is 0.375 e. The Balaban J connectivity index is 0.000000178. The van der Waals surface area contributed by atoms with E-state index in [0.717, 1.165) is 47.2 Å². The zero-order valence-corrected chi connectivity index (χ0v) is 72.5. The summed E-state index contributed by atoms with van der Waals surface area (Å²) in [7, 11) is 7.77. The molecule has 27 nitrogen and oxygen atoms in total. The summed E-state index contributed by atoms with van der Waals surface area (Å²) < 4.78 is 34.3. The van der Waals surface area contributed by atoms with Crippen molar-refractivity contribution in [1.29, 1.82) is 0 Å². The number of carboxylic acid groups (broad SMARTS) is 2. The van der Waals surface area contributed by atoms with Crippen LogP contribution in [0.1, 0.15) is 128 Å². The molecule has 646 valence electrons. The Morgan fingerprint density at radius 2 is 1.23 bits per heavy atom. The van der Waals surface area contributed by atoms with E-state index in [1.165, 1.54) is 64.3 Å². The van der Waals surface area contributed by atoms with Crippen LogP contribution in [0.5, 0.6) is 23.0 Å². The fraction of sp³-hybridized carbons (Fsp3) is 0.432. The normalized spacial score (nSPS) is 26.4. The number of piperidine rings is 1. The van der Waals surface area contributed by atoms with E-state index in [1.54, 1.807) is 62.8 Å². The van der Waals surface area contributed by atoms with Crippen LogP contribution in [0.25, 0.3) is 0 Å². The Morgan fingerprint density at radius 3 is 1.66 bits per heavy atom. The molecule has 3 saturated heterocycles. The van der Waals surface area contributed by atoms with Crippen molar-refractivity contribution in [3.63, 3.8) is 0 Å². The molecule has 3 aliphatic heterocycles. The van der Waals surface area contributed by atoms with Crippen LogP contribution < -0.4 is 47.7 Å². The number of carbonyl (C=O) groups is 8. The Morgan fingerprint density at radius 1 is 0.725 bits per heavy atom. The van der Waals surface area contributed by atoms with E-state index in [0.29, 0.717) is 102 Å². The largest absolute Gasteiger partial charge is 1.00 e. The molecule has 3 saturated carbocycles. The molecule has 7 aromatic rings. The van der Waals surface area contributed by atoms with Crippen LogP contribution in [0.15, 0.2) is 179 Å². The number of ether oxygens (including phenoxy) is 5. The maximum atomic E-state index is 13.6. The molecular formula is C88H104BrCl2N5O22S2. The van der Waals surface area contributed by atoms with Gasteiger partial charge in [0.2, 0.25) is 24.2 Å². The SMILES string of the molecule is COc1ccc(C[C@@H](C)NC[C@H](O)c2ccc(O)c(NC=O)c2)cc1.COc1ccc(C[C@@H](C)NC[C@H](O)c2ccc(O)c(NC=O)c2)cc1.C[C@@H]1C[C@H]2[C@@H]3CCC4=CC(=O)C=C[C@]4(C)[C@@]3(Cl)[C@@H](O)C[C@]2(C)[C@@]1(OC(=O)c1ccco1)C(=O)CCl.C[N+]1(C)[C@@H]2CC(OC(=O)C(O)(c3cccs3)c3cccs3)C[C@H]1[C@@H]1O[C@@H]12.O=C(O)/C=C/C(=O)O.[Br-]. The number of phenols is 2. The van der Waals surface area contributed by atoms with Crippen molar-refractivity contribution in [1.82, 2.24) is 10.6 Å². The minimum atomic E-state index is -1.72. The summed E-state index contributed by atoms with van der Waals surface area (Å²) >= 11 is 16.3. The number of nitrogens with one attached hydrogen (secondary N) is 4. The van der Waals surface area contributed by atoms with Crippen molar-refractivity contribution in [3.05, 3.63) is 212 Å². The molecule has 4 aromatic carbocycles. The van der Waals surface area contributed by atoms with E-state index in [9.17, 15) is 69.0 Å². The third-order valence-electron chi connectivity index (χ3n) is 24.4. The van der Waals surface area contributed by atoms with E-state index in [2.05, 4.69) is 35.4 Å². The number of quaternary nitrogens is 1. The predicted octanol–water partition coefficient (Wildman–Crippen LogP) is 8.38. The van der Waals surface area contributed by atoms with Crippen molar-refractivity contribution in [3.8, 4) is 23.0 Å². The average molecular weight is 1800 g/mol. The number of esters is 2. The lowest BCUT2D eigenvalue weighted by Crippen LogP contribution is -3.00. The first-order chi connectivity index (χ1) is 56.6. The van der Waals surface area contributed by atoms with Gasteiger partial charge in [-0.3, -0.25) is 19.2 Å². The number of anilines is 2. The summed E-state index contributed by atoms with van der Waals surface area (Å²) in [6, 6.07) is 36.5. The number of aliphatic carboxylic acids is 2. The molecule has 6 fully saturated rings. The van der Waals surface area contributed by atoms with Gasteiger partial charge in [-0.1, -0.05) is 81.0 Å². The summed E-state index contributed by atoms with van der Waals surface area (Å²) in [6.45, 7) is 10.6. The molecule has 2 amide bonds. The lowest BCUT2D eigenvalue weighted by Gasteiger charge is -2.64. The lowest BCUT2D eigenvalue weighted by molar-refractivity contribution is -0.938. The number of rotatable bonds is 28. The standard InChI is InChI=1S/C27H30Cl2O6.2C19H24N2O4.C19H22NO4S2.C4H4O4.BrH/c1-15-11-19-18-7-6-16-12-17(30)8-9-24(16,2)26(18,29)21(31)13-25(19,3)27(15,22(32)14-28)35-23(33)20-5-4-10-34-20;2*1-13(9-14-3-6-16(25-2)7-4-14)20-11-19(24)15-5-8-18(23)17(10-15)21-12-22;1-20(2)12-9-11(10-13(20)17-16(12)24-17)23-18(21)19(22,14-5-3-7-25-14)15-6-4-8-26-15;5-3(6)1-2-4(7)8;/h4-5,8-10,12,15,18-19,21,31H,6-7,11,13-14H2,1-3H3;2*3-8,10,12-13,19-20,23-24H,9,11H2,1-2H3,(H,21,22);3-8,11-13,16-17,22H,9-10H2,1-2H3;1-2H,(H,5,6)(H,7,8);1H/q;;;+1;;/p-1/b;;;;2-1+;/t15-,18+,19+,21+,24+,25+,26+,27+;2*13-,19+;11?,12-,13+,16-,17+;;/m111.../s1. The van der Waals surface area contributed by atoms with Crippen molar-refractivity contribution in [2.45, 2.75) is 163 Å². The molecule has 17 atom stereocenters. The number of phenolic OH excluding ortho intramolecular Hbond substituents is 2. The van der Waals surface area contributed by atoms with Crippen molar-refractivity contribution >= 4 is 106 Å². The number of aliphatic hydroxyl groups excluding tert-OH is 3. The van der Waals surface area contributed by atoms with E-state index in [1.807, 2.05) is 112 Å². The van der Waals surface area contributed by atoms with Gasteiger partial charge in [0.1, 0.15) is 53.4 Å². The molecule has 32 heteroatoms. The number of halogens is 3. The number of benzene rings is 4. The highest BCUT2D eigenvalue weighted by molar-refractivity contribution is 7.12. The number of likely N-dealkylation sites (N-methyl/N-ethyl adjacent to an activating group) is 1. The van der Waals surface area contributed by atoms with Crippen molar-refractivity contribution in [2.24, 2.45) is 28.6 Å². The number of Topliss-reactive ketones (excluding diaryl/α,β-unsaturated/α-hetero) is 1. The van der Waals surface area contributed by atoms with E-state index in [4.69, 9.17) is 61.5 Å². The van der Waals surface area contributed by atoms with Gasteiger partial charge in [0.15, 0.2) is 17.2 Å². The highest BCUT2D eigenvalue weighted by atomic mass is 79.9. The van der Waals surface area contributed by atoms with Crippen LogP contribution in [0.2, 0.25) is 0 Å². The number of fused-ring (bicyclic) bond motifs is 10. The number of hydrogen-bond acceptors (Lipinski definition) is 24. The monoisotopic (exact) mass is 1800 g/mol. The number of epoxide rings is 1. The molecule has 1 unspecified atom stereocenters. The fourth-order valence-corrected chi connectivity index (χ4v) is 20.6. The molecule has 7 aliphatic rings. The van der Waals surface area contributed by atoms with E-state index >= 15 is 0 Å². The van der Waals surface area contributed by atoms with Gasteiger partial charge in [0.25, 0.3) is 0 Å². The zero-order chi connectivity index (χ0) is 86.5. The van der Waals surface area contributed by atoms with Crippen LogP contribution in [-0.4, -0.2) is 200 Å². The number of aromatic hydroxyl groups is 2. The molecule has 12 N–H and O–H groups in total. The zero-order valence-electron chi connectivity index (χ0n) is 67.8. The molecule has 3 aromatic heterocycles.